The highest BCUT2D eigenvalue weighted by atomic mass is 16.3. The summed E-state index contributed by atoms with van der Waals surface area (Å²) in [5, 5.41) is 8.90. The number of hydrogen-bond acceptors (Lipinski definition) is 3. The zero-order valence-electron chi connectivity index (χ0n) is 9.95. The summed E-state index contributed by atoms with van der Waals surface area (Å²) in [4.78, 5) is 24.8. The molecule has 0 aromatic rings. The van der Waals surface area contributed by atoms with Crippen molar-refractivity contribution in [3.05, 3.63) is 0 Å². The molecule has 1 aliphatic heterocycles. The molecule has 1 saturated heterocycles. The first kappa shape index (κ1) is 13.2. The van der Waals surface area contributed by atoms with Crippen molar-refractivity contribution < 1.29 is 14.7 Å². The monoisotopic (exact) mass is 227 g/mol. The van der Waals surface area contributed by atoms with Crippen molar-refractivity contribution in [3.8, 4) is 0 Å². The number of hydrogen-bond donors (Lipinski definition) is 1. The third-order valence-electron chi connectivity index (χ3n) is 3.19. The Morgan fingerprint density at radius 3 is 2.25 bits per heavy atom. The fraction of sp³-hybridized carbons (Fsp3) is 0.833. The van der Waals surface area contributed by atoms with Crippen LogP contribution in [0.15, 0.2) is 0 Å². The number of carbonyl (C=O) groups excluding carboxylic acids is 2. The molecule has 2 amide bonds. The maximum atomic E-state index is 11.7. The molecule has 92 valence electrons. The van der Waals surface area contributed by atoms with Crippen LogP contribution in [0, 0.1) is 5.92 Å². The molecular formula is C12H21NO3. The van der Waals surface area contributed by atoms with E-state index in [2.05, 4.69) is 0 Å². The molecule has 1 rings (SSSR count). The molecule has 16 heavy (non-hydrogen) atoms. The van der Waals surface area contributed by atoms with Gasteiger partial charge in [0.25, 0.3) is 0 Å². The van der Waals surface area contributed by atoms with Crippen LogP contribution >= 0.6 is 0 Å². The van der Waals surface area contributed by atoms with E-state index >= 15 is 0 Å². The van der Waals surface area contributed by atoms with E-state index in [1.807, 2.05) is 6.92 Å². The van der Waals surface area contributed by atoms with Crippen LogP contribution in [0.2, 0.25) is 0 Å². The van der Waals surface area contributed by atoms with Crippen molar-refractivity contribution in [1.29, 1.82) is 0 Å². The van der Waals surface area contributed by atoms with Crippen molar-refractivity contribution in [3.63, 3.8) is 0 Å². The molecule has 0 aliphatic carbocycles. The molecule has 0 radical (unpaired) electrons. The van der Waals surface area contributed by atoms with Gasteiger partial charge >= 0.3 is 0 Å². The number of likely N-dealkylation sites (tertiary alicyclic amines) is 1. The zero-order chi connectivity index (χ0) is 12.0. The van der Waals surface area contributed by atoms with E-state index in [1.54, 1.807) is 0 Å². The molecule has 0 spiro atoms. The standard InChI is InChI=1S/C12H21NO3/c1-2-10(7-8-14)9-13-11(15)5-3-4-6-12(13)16/h10,14H,2-9H2,1H3. The molecule has 4 heteroatoms. The Morgan fingerprint density at radius 1 is 1.25 bits per heavy atom. The van der Waals surface area contributed by atoms with Gasteiger partial charge in [-0.2, -0.15) is 0 Å². The molecule has 1 heterocycles. The summed E-state index contributed by atoms with van der Waals surface area (Å²) >= 11 is 0. The van der Waals surface area contributed by atoms with Crippen LogP contribution in [0.3, 0.4) is 0 Å². The number of carbonyl (C=O) groups is 2. The van der Waals surface area contributed by atoms with Gasteiger partial charge in [-0.15, -0.1) is 0 Å². The van der Waals surface area contributed by atoms with E-state index in [9.17, 15) is 9.59 Å². The van der Waals surface area contributed by atoms with Crippen LogP contribution in [0.1, 0.15) is 45.4 Å². The summed E-state index contributed by atoms with van der Waals surface area (Å²) < 4.78 is 0. The van der Waals surface area contributed by atoms with Crippen LogP contribution in [0.25, 0.3) is 0 Å². The van der Waals surface area contributed by atoms with Gasteiger partial charge < -0.3 is 5.11 Å². The Labute approximate surface area is 96.6 Å². The molecule has 1 aliphatic rings. The van der Waals surface area contributed by atoms with Gasteiger partial charge in [0.1, 0.15) is 0 Å². The van der Waals surface area contributed by atoms with Crippen molar-refractivity contribution in [1.82, 2.24) is 4.90 Å². The number of imide groups is 1. The third kappa shape index (κ3) is 3.59. The first-order valence-corrected chi connectivity index (χ1v) is 6.13. The molecule has 0 aromatic heterocycles. The Morgan fingerprint density at radius 2 is 1.81 bits per heavy atom. The molecule has 1 N–H and O–H groups in total. The first-order valence-electron chi connectivity index (χ1n) is 6.13. The first-order chi connectivity index (χ1) is 7.69. The number of aliphatic hydroxyl groups is 1. The summed E-state index contributed by atoms with van der Waals surface area (Å²) in [6.07, 6.45) is 4.16. The second kappa shape index (κ2) is 6.63. The topological polar surface area (TPSA) is 57.6 Å². The Kier molecular flexibility index (Phi) is 5.46. The molecule has 1 fully saturated rings. The second-order valence-electron chi connectivity index (χ2n) is 4.39. The number of amides is 2. The van der Waals surface area contributed by atoms with Gasteiger partial charge in [-0.05, 0) is 25.2 Å². The predicted octanol–water partition coefficient (Wildman–Crippen LogP) is 1.32. The SMILES string of the molecule is CCC(CCO)CN1C(=O)CCCCC1=O. The molecule has 0 saturated carbocycles. The minimum atomic E-state index is -0.0427. The molecule has 0 aromatic carbocycles. The largest absolute Gasteiger partial charge is 0.396 e. The maximum absolute atomic E-state index is 11.7. The highest BCUT2D eigenvalue weighted by Crippen LogP contribution is 2.17. The van der Waals surface area contributed by atoms with Gasteiger partial charge in [0.05, 0.1) is 0 Å². The normalized spacial score (nSPS) is 19.8. The van der Waals surface area contributed by atoms with Crippen LogP contribution < -0.4 is 0 Å². The van der Waals surface area contributed by atoms with Crippen LogP contribution in [0.4, 0.5) is 0 Å². The molecular weight excluding hydrogens is 206 g/mol. The van der Waals surface area contributed by atoms with Gasteiger partial charge in [0, 0.05) is 26.0 Å². The third-order valence-corrected chi connectivity index (χ3v) is 3.19. The smallest absolute Gasteiger partial charge is 0.229 e. The summed E-state index contributed by atoms with van der Waals surface area (Å²) in [5.41, 5.74) is 0. The van der Waals surface area contributed by atoms with Gasteiger partial charge in [-0.1, -0.05) is 13.3 Å². The number of aliphatic hydroxyl groups excluding tert-OH is 1. The summed E-state index contributed by atoms with van der Waals surface area (Å²) in [6.45, 7) is 2.62. The van der Waals surface area contributed by atoms with E-state index in [0.29, 0.717) is 25.8 Å². The summed E-state index contributed by atoms with van der Waals surface area (Å²) in [7, 11) is 0. The number of rotatable bonds is 5. The predicted molar refractivity (Wildman–Crippen MR) is 60.7 cm³/mol. The minimum absolute atomic E-state index is 0.0427. The minimum Gasteiger partial charge on any atom is -0.396 e. The van der Waals surface area contributed by atoms with Crippen molar-refractivity contribution in [2.24, 2.45) is 5.92 Å². The Balaban J connectivity index is 2.59. The van der Waals surface area contributed by atoms with E-state index in [1.165, 1.54) is 4.90 Å². The van der Waals surface area contributed by atoms with Crippen LogP contribution in [0.5, 0.6) is 0 Å². The lowest BCUT2D eigenvalue weighted by Gasteiger charge is -2.23. The van der Waals surface area contributed by atoms with Gasteiger partial charge in [-0.3, -0.25) is 14.5 Å². The highest BCUT2D eigenvalue weighted by molar-refractivity contribution is 5.96. The molecule has 1 atom stereocenters. The molecule has 0 bridgehead atoms. The van der Waals surface area contributed by atoms with E-state index in [-0.39, 0.29) is 24.3 Å². The Bertz CT molecular complexity index is 235. The summed E-state index contributed by atoms with van der Waals surface area (Å²) in [6, 6.07) is 0. The van der Waals surface area contributed by atoms with E-state index in [4.69, 9.17) is 5.11 Å². The van der Waals surface area contributed by atoms with Crippen LogP contribution in [-0.4, -0.2) is 35.0 Å². The quantitative estimate of drug-likeness (QED) is 0.721. The maximum Gasteiger partial charge on any atom is 0.229 e. The number of nitrogens with zero attached hydrogens (tertiary/aromatic N) is 1. The van der Waals surface area contributed by atoms with Crippen molar-refractivity contribution in [2.45, 2.75) is 45.4 Å². The highest BCUT2D eigenvalue weighted by Gasteiger charge is 2.25. The van der Waals surface area contributed by atoms with Gasteiger partial charge in [0.15, 0.2) is 0 Å². The zero-order valence-corrected chi connectivity index (χ0v) is 9.95. The Hall–Kier alpha value is -0.900. The lowest BCUT2D eigenvalue weighted by molar-refractivity contribution is -0.144. The van der Waals surface area contributed by atoms with Gasteiger partial charge in [-0.25, -0.2) is 0 Å². The lowest BCUT2D eigenvalue weighted by atomic mass is 10.0. The van der Waals surface area contributed by atoms with Gasteiger partial charge in [0.2, 0.25) is 11.8 Å². The molecule has 4 nitrogen and oxygen atoms in total. The van der Waals surface area contributed by atoms with E-state index in [0.717, 1.165) is 19.3 Å². The fourth-order valence-corrected chi connectivity index (χ4v) is 2.03. The average Bonchev–Trinajstić information content (AvgIpc) is 2.42. The molecule has 1 unspecified atom stereocenters. The fourth-order valence-electron chi connectivity index (χ4n) is 2.03. The van der Waals surface area contributed by atoms with Crippen LogP contribution in [-0.2, 0) is 9.59 Å². The average molecular weight is 227 g/mol. The van der Waals surface area contributed by atoms with E-state index < -0.39 is 0 Å². The van der Waals surface area contributed by atoms with Crippen molar-refractivity contribution in [2.75, 3.05) is 13.2 Å². The van der Waals surface area contributed by atoms with Crippen molar-refractivity contribution >= 4 is 11.8 Å². The second-order valence-corrected chi connectivity index (χ2v) is 4.39. The summed E-state index contributed by atoms with van der Waals surface area (Å²) in [5.74, 6) is 0.147. The lowest BCUT2D eigenvalue weighted by Crippen LogP contribution is -2.39.